The second-order valence-corrected chi connectivity index (χ2v) is 9.45. The van der Waals surface area contributed by atoms with Gasteiger partial charge >= 0.3 is 0 Å². The number of ether oxygens (including phenoxy) is 1. The number of hydrogen-bond acceptors (Lipinski definition) is 6. The van der Waals surface area contributed by atoms with E-state index < -0.39 is 0 Å². The van der Waals surface area contributed by atoms with E-state index in [1.54, 1.807) is 25.6 Å². The van der Waals surface area contributed by atoms with Crippen LogP contribution in [0, 0.1) is 5.92 Å². The van der Waals surface area contributed by atoms with Gasteiger partial charge in [0.25, 0.3) is 5.91 Å². The number of pyridine rings is 1. The zero-order valence-corrected chi connectivity index (χ0v) is 21.4. The number of imidazole rings is 1. The third-order valence-corrected chi connectivity index (χ3v) is 6.89. The van der Waals surface area contributed by atoms with Crippen molar-refractivity contribution >= 4 is 17.7 Å². The fraction of sp³-hybridized carbons (Fsp3) is 0.133. The quantitative estimate of drug-likeness (QED) is 0.236. The average molecular weight is 519 g/mol. The minimum absolute atomic E-state index is 0.0188. The molecule has 1 unspecified atom stereocenters. The van der Waals surface area contributed by atoms with Gasteiger partial charge in [-0.1, -0.05) is 25.1 Å². The summed E-state index contributed by atoms with van der Waals surface area (Å²) < 4.78 is 5.41. The van der Waals surface area contributed by atoms with Crippen LogP contribution >= 0.6 is 0 Å². The number of methoxy groups -OCH3 is 1. The number of carbonyl (C=O) groups is 1. The van der Waals surface area contributed by atoms with E-state index in [4.69, 9.17) is 9.72 Å². The molecule has 4 N–H and O–H groups in total. The van der Waals surface area contributed by atoms with E-state index in [-0.39, 0.29) is 17.6 Å². The first-order valence-corrected chi connectivity index (χ1v) is 12.5. The van der Waals surface area contributed by atoms with Crippen molar-refractivity contribution in [2.24, 2.45) is 5.92 Å². The van der Waals surface area contributed by atoms with Crippen LogP contribution in [-0.4, -0.2) is 43.3 Å². The summed E-state index contributed by atoms with van der Waals surface area (Å²) in [7, 11) is 1.57. The summed E-state index contributed by atoms with van der Waals surface area (Å²) in [5, 5.41) is 20.6. The highest BCUT2D eigenvalue weighted by Gasteiger charge is 2.26. The fourth-order valence-electron chi connectivity index (χ4n) is 4.84. The summed E-state index contributed by atoms with van der Waals surface area (Å²) in [6.07, 6.45) is 5.81. The number of aromatic hydroxyl groups is 1. The summed E-state index contributed by atoms with van der Waals surface area (Å²) in [6, 6.07) is 18.5. The highest BCUT2D eigenvalue weighted by molar-refractivity contribution is 6.07. The molecule has 0 aliphatic heterocycles. The van der Waals surface area contributed by atoms with Crippen LogP contribution in [-0.2, 0) is 11.2 Å². The summed E-state index contributed by atoms with van der Waals surface area (Å²) in [5.74, 6) is 0.939. The largest absolute Gasteiger partial charge is 0.507 e. The highest BCUT2D eigenvalue weighted by Crippen LogP contribution is 2.37. The molecule has 0 bridgehead atoms. The standard InChI is InChI=1S/C30H26N6O3/c1-17-14-25-26(16-22(17)29(38)33-20-8-5-18(6-9-20)24-11-13-32-36-24)35-28(34-25)23-15-19(7-10-27(23)37)21-4-3-12-31-30(21)39-2/h3-13,15-17,37H,14H2,1-2H3,(H,32,36)(H,33,38)(H,34,35). The van der Waals surface area contributed by atoms with Gasteiger partial charge in [-0.25, -0.2) is 9.97 Å². The minimum atomic E-state index is -0.166. The molecule has 3 aromatic heterocycles. The van der Waals surface area contributed by atoms with Crippen molar-refractivity contribution in [2.75, 3.05) is 12.4 Å². The molecule has 2 aromatic carbocycles. The molecule has 0 spiro atoms. The topological polar surface area (TPSA) is 129 Å². The van der Waals surface area contributed by atoms with E-state index in [1.165, 1.54) is 0 Å². The Kier molecular flexibility index (Phi) is 6.16. The van der Waals surface area contributed by atoms with Gasteiger partial charge < -0.3 is 20.1 Å². The molecule has 1 aliphatic rings. The van der Waals surface area contributed by atoms with Gasteiger partial charge in [0.05, 0.1) is 24.1 Å². The Bertz CT molecular complexity index is 1690. The number of phenols is 1. The zero-order valence-electron chi connectivity index (χ0n) is 21.4. The summed E-state index contributed by atoms with van der Waals surface area (Å²) >= 11 is 0. The number of anilines is 1. The number of nitrogens with zero attached hydrogens (tertiary/aromatic N) is 3. The van der Waals surface area contributed by atoms with Crippen molar-refractivity contribution in [3.05, 3.63) is 90.0 Å². The smallest absolute Gasteiger partial charge is 0.251 e. The van der Waals surface area contributed by atoms with E-state index in [0.717, 1.165) is 28.1 Å². The van der Waals surface area contributed by atoms with Gasteiger partial charge in [0, 0.05) is 34.9 Å². The summed E-state index contributed by atoms with van der Waals surface area (Å²) in [4.78, 5) is 25.6. The van der Waals surface area contributed by atoms with E-state index in [2.05, 4.69) is 25.5 Å². The Morgan fingerprint density at radius 1 is 1.05 bits per heavy atom. The van der Waals surface area contributed by atoms with Crippen LogP contribution in [0.1, 0.15) is 18.3 Å². The first-order valence-electron chi connectivity index (χ1n) is 12.5. The first kappa shape index (κ1) is 24.2. The lowest BCUT2D eigenvalue weighted by atomic mass is 9.89. The average Bonchev–Trinajstić information content (AvgIpc) is 3.63. The predicted octanol–water partition coefficient (Wildman–Crippen LogP) is 5.46. The van der Waals surface area contributed by atoms with Crippen LogP contribution in [0.2, 0.25) is 0 Å². The maximum Gasteiger partial charge on any atom is 0.251 e. The maximum atomic E-state index is 13.2. The van der Waals surface area contributed by atoms with Crippen LogP contribution in [0.15, 0.2) is 78.6 Å². The van der Waals surface area contributed by atoms with Crippen LogP contribution in [0.4, 0.5) is 5.69 Å². The van der Waals surface area contributed by atoms with Crippen LogP contribution in [0.5, 0.6) is 11.6 Å². The highest BCUT2D eigenvalue weighted by atomic mass is 16.5. The first-order chi connectivity index (χ1) is 19.0. The van der Waals surface area contributed by atoms with Gasteiger partial charge in [-0.3, -0.25) is 9.89 Å². The number of carbonyl (C=O) groups excluding carboxylic acids is 1. The zero-order chi connectivity index (χ0) is 26.9. The number of fused-ring (bicyclic) bond motifs is 1. The van der Waals surface area contributed by atoms with Crippen LogP contribution < -0.4 is 10.1 Å². The Balaban J connectivity index is 1.26. The van der Waals surface area contributed by atoms with Gasteiger partial charge in [0.2, 0.25) is 5.88 Å². The number of hydrogen-bond donors (Lipinski definition) is 4. The number of aromatic nitrogens is 5. The molecule has 9 nitrogen and oxygen atoms in total. The third kappa shape index (κ3) is 4.66. The maximum absolute atomic E-state index is 13.2. The SMILES string of the molecule is COc1ncccc1-c1ccc(O)c(-c2nc3c([nH]2)CC(C)C(C(=O)Nc2ccc(-c4ccn[nH]4)cc2)=C3)c1. The second-order valence-electron chi connectivity index (χ2n) is 9.45. The van der Waals surface area contributed by atoms with Crippen molar-refractivity contribution in [2.45, 2.75) is 13.3 Å². The lowest BCUT2D eigenvalue weighted by Crippen LogP contribution is -2.22. The Morgan fingerprint density at radius 3 is 2.64 bits per heavy atom. The van der Waals surface area contributed by atoms with Gasteiger partial charge in [-0.2, -0.15) is 5.10 Å². The molecule has 3 heterocycles. The molecule has 0 saturated carbocycles. The number of H-pyrrole nitrogens is 2. The van der Waals surface area contributed by atoms with E-state index in [9.17, 15) is 9.90 Å². The molecule has 1 atom stereocenters. The van der Waals surface area contributed by atoms with Crippen LogP contribution in [0.3, 0.4) is 0 Å². The molecule has 1 amide bonds. The third-order valence-electron chi connectivity index (χ3n) is 6.89. The molecular formula is C30H26N6O3. The number of amides is 1. The molecule has 5 aromatic rings. The summed E-state index contributed by atoms with van der Waals surface area (Å²) in [6.45, 7) is 2.02. The molecule has 0 radical (unpaired) electrons. The van der Waals surface area contributed by atoms with E-state index in [0.29, 0.717) is 40.6 Å². The molecule has 9 heteroatoms. The Hall–Kier alpha value is -5.18. The lowest BCUT2D eigenvalue weighted by molar-refractivity contribution is -0.113. The number of phenolic OH excluding ortho intramolecular Hbond substituents is 1. The van der Waals surface area contributed by atoms with Crippen molar-refractivity contribution in [1.82, 2.24) is 25.1 Å². The van der Waals surface area contributed by atoms with Crippen molar-refractivity contribution in [3.63, 3.8) is 0 Å². The monoisotopic (exact) mass is 518 g/mol. The van der Waals surface area contributed by atoms with Gasteiger partial charge in [0.1, 0.15) is 11.6 Å². The second kappa shape index (κ2) is 9.94. The predicted molar refractivity (Wildman–Crippen MR) is 149 cm³/mol. The molecule has 0 saturated heterocycles. The minimum Gasteiger partial charge on any atom is -0.507 e. The van der Waals surface area contributed by atoms with Crippen molar-refractivity contribution < 1.29 is 14.6 Å². The molecular weight excluding hydrogens is 492 g/mol. The lowest BCUT2D eigenvalue weighted by Gasteiger charge is -2.19. The van der Waals surface area contributed by atoms with Crippen molar-refractivity contribution in [1.29, 1.82) is 0 Å². The van der Waals surface area contributed by atoms with Crippen molar-refractivity contribution in [3.8, 4) is 45.4 Å². The fourth-order valence-corrected chi connectivity index (χ4v) is 4.84. The number of rotatable bonds is 6. The van der Waals surface area contributed by atoms with Gasteiger partial charge in [0.15, 0.2) is 0 Å². The number of benzene rings is 2. The Morgan fingerprint density at radius 2 is 1.87 bits per heavy atom. The van der Waals surface area contributed by atoms with Gasteiger partial charge in [-0.05, 0) is 72.0 Å². The number of aromatic amines is 2. The van der Waals surface area contributed by atoms with E-state index in [1.807, 2.05) is 67.6 Å². The summed E-state index contributed by atoms with van der Waals surface area (Å²) in [5.41, 5.74) is 7.06. The van der Waals surface area contributed by atoms with E-state index >= 15 is 0 Å². The normalized spacial score (nSPS) is 14.4. The molecule has 39 heavy (non-hydrogen) atoms. The number of nitrogens with one attached hydrogen (secondary N) is 3. The molecule has 6 rings (SSSR count). The molecule has 194 valence electrons. The van der Waals surface area contributed by atoms with Gasteiger partial charge in [-0.15, -0.1) is 0 Å². The Labute approximate surface area is 224 Å². The molecule has 1 aliphatic carbocycles. The van der Waals surface area contributed by atoms with Crippen LogP contribution in [0.25, 0.3) is 39.8 Å². The molecule has 0 fully saturated rings.